The molecule has 0 aliphatic heterocycles. The number of pyridine rings is 2. The summed E-state index contributed by atoms with van der Waals surface area (Å²) >= 11 is 0. The molecule has 1 atom stereocenters. The molecule has 0 unspecified atom stereocenters. The van der Waals surface area contributed by atoms with Crippen molar-refractivity contribution in [2.75, 3.05) is 0 Å². The molecule has 0 saturated carbocycles. The van der Waals surface area contributed by atoms with Gasteiger partial charge in [-0.1, -0.05) is 0 Å². The van der Waals surface area contributed by atoms with Gasteiger partial charge in [0.15, 0.2) is 0 Å². The highest BCUT2D eigenvalue weighted by Crippen LogP contribution is 2.38. The molecule has 0 bridgehead atoms. The van der Waals surface area contributed by atoms with Gasteiger partial charge in [-0.05, 0) is 70.2 Å². The van der Waals surface area contributed by atoms with Crippen molar-refractivity contribution in [1.82, 2.24) is 14.7 Å². The molecule has 36 heavy (non-hydrogen) atoms. The Labute approximate surface area is 206 Å². The molecule has 0 spiro atoms. The van der Waals surface area contributed by atoms with Crippen molar-refractivity contribution in [2.24, 2.45) is 0 Å². The quantitative estimate of drug-likeness (QED) is 0.449. The fourth-order valence-corrected chi connectivity index (χ4v) is 3.48. The van der Waals surface area contributed by atoms with Gasteiger partial charge < -0.3 is 9.47 Å². The molecule has 1 N–H and O–H groups in total. The fourth-order valence-electron chi connectivity index (χ4n) is 2.82. The van der Waals surface area contributed by atoms with E-state index in [0.29, 0.717) is 23.3 Å². The minimum Gasteiger partial charge on any atom is -0.484 e. The molecule has 0 saturated heterocycles. The van der Waals surface area contributed by atoms with Crippen LogP contribution >= 0.6 is 0 Å². The smallest absolute Gasteiger partial charge is 0.419 e. The van der Waals surface area contributed by atoms with Crippen LogP contribution in [-0.2, 0) is 16.2 Å². The molecular formula is C24H24F3N3O5S. The largest absolute Gasteiger partial charge is 0.484 e. The Morgan fingerprint density at radius 3 is 2.28 bits per heavy atom. The normalized spacial score (nSPS) is 13.1. The third-order valence-electron chi connectivity index (χ3n) is 4.93. The van der Waals surface area contributed by atoms with Crippen molar-refractivity contribution in [3.05, 3.63) is 77.9 Å². The van der Waals surface area contributed by atoms with Crippen LogP contribution in [0.2, 0.25) is 0 Å². The maximum absolute atomic E-state index is 13.8. The highest BCUT2D eigenvalue weighted by Gasteiger charge is 2.37. The van der Waals surface area contributed by atoms with E-state index < -0.39 is 49.8 Å². The second-order valence-electron chi connectivity index (χ2n) is 8.73. The average Bonchev–Trinajstić information content (AvgIpc) is 2.78. The number of aromatic nitrogens is 2. The topological polar surface area (TPSA) is 107 Å². The molecule has 0 aliphatic rings. The van der Waals surface area contributed by atoms with Crippen molar-refractivity contribution >= 4 is 15.9 Å². The Bertz CT molecular complexity index is 1320. The van der Waals surface area contributed by atoms with Gasteiger partial charge >= 0.3 is 6.18 Å². The van der Waals surface area contributed by atoms with E-state index in [1.54, 1.807) is 35.2 Å². The summed E-state index contributed by atoms with van der Waals surface area (Å²) in [5.41, 5.74) is -1.38. The van der Waals surface area contributed by atoms with Gasteiger partial charge in [-0.2, -0.15) is 13.2 Å². The standard InChI is InChI=1S/C24H24F3N3O5S/c1-15(20-9-8-18(14-29-20)35-17-6-5-11-28-13-17)34-21-10-7-16(12-19(21)24(25,26)27)22(31)30-36(32,33)23(2,3)4/h5-15H,1-4H3,(H,30,31)/t15-/m1/s1. The van der Waals surface area contributed by atoms with E-state index in [-0.39, 0.29) is 0 Å². The van der Waals surface area contributed by atoms with Gasteiger partial charge in [0.05, 0.1) is 28.4 Å². The molecule has 0 radical (unpaired) electrons. The molecule has 3 aromatic rings. The summed E-state index contributed by atoms with van der Waals surface area (Å²) < 4.78 is 77.3. The number of nitrogens with zero attached hydrogens (tertiary/aromatic N) is 2. The Hall–Kier alpha value is -3.67. The van der Waals surface area contributed by atoms with Crippen molar-refractivity contribution in [3.63, 3.8) is 0 Å². The van der Waals surface area contributed by atoms with Gasteiger partial charge in [0.1, 0.15) is 23.4 Å². The zero-order chi connectivity index (χ0) is 26.7. The van der Waals surface area contributed by atoms with E-state index in [1.807, 2.05) is 0 Å². The Balaban J connectivity index is 1.80. The zero-order valence-corrected chi connectivity index (χ0v) is 20.6. The lowest BCUT2D eigenvalue weighted by Gasteiger charge is -2.21. The lowest BCUT2D eigenvalue weighted by molar-refractivity contribution is -0.139. The summed E-state index contributed by atoms with van der Waals surface area (Å²) in [5.74, 6) is -0.829. The summed E-state index contributed by atoms with van der Waals surface area (Å²) in [5, 5.41) is 0. The number of alkyl halides is 3. The molecule has 0 aliphatic carbocycles. The van der Waals surface area contributed by atoms with Crippen molar-refractivity contribution in [3.8, 4) is 17.2 Å². The van der Waals surface area contributed by atoms with Crippen LogP contribution in [0.3, 0.4) is 0 Å². The van der Waals surface area contributed by atoms with Gasteiger partial charge in [-0.25, -0.2) is 13.1 Å². The van der Waals surface area contributed by atoms with Crippen LogP contribution in [0.1, 0.15) is 55.4 Å². The van der Waals surface area contributed by atoms with Crippen LogP contribution in [0.25, 0.3) is 0 Å². The summed E-state index contributed by atoms with van der Waals surface area (Å²) in [6.45, 7) is 5.58. The second-order valence-corrected chi connectivity index (χ2v) is 11.2. The number of hydrogen-bond donors (Lipinski definition) is 1. The first kappa shape index (κ1) is 26.9. The van der Waals surface area contributed by atoms with Gasteiger partial charge in [0, 0.05) is 11.8 Å². The third kappa shape index (κ3) is 6.51. The number of carbonyl (C=O) groups excluding carboxylic acids is 1. The minimum absolute atomic E-state index is 0.333. The van der Waals surface area contributed by atoms with E-state index >= 15 is 0 Å². The maximum atomic E-state index is 13.8. The van der Waals surface area contributed by atoms with Crippen LogP contribution in [-0.4, -0.2) is 29.0 Å². The SMILES string of the molecule is C[C@@H](Oc1ccc(C(=O)NS(=O)(=O)C(C)(C)C)cc1C(F)(F)F)c1ccc(Oc2cccnc2)cn1. The Morgan fingerprint density at radius 1 is 1.03 bits per heavy atom. The second kappa shape index (κ2) is 10.1. The van der Waals surface area contributed by atoms with Crippen molar-refractivity contribution < 1.29 is 35.9 Å². The van der Waals surface area contributed by atoms with Gasteiger partial charge in [0.25, 0.3) is 5.91 Å². The molecule has 0 fully saturated rings. The lowest BCUT2D eigenvalue weighted by Crippen LogP contribution is -2.42. The number of halogens is 3. The van der Waals surface area contributed by atoms with E-state index in [1.165, 1.54) is 40.1 Å². The highest BCUT2D eigenvalue weighted by atomic mass is 32.2. The van der Waals surface area contributed by atoms with Crippen LogP contribution in [0.5, 0.6) is 17.2 Å². The molecule has 2 aromatic heterocycles. The minimum atomic E-state index is -4.87. The zero-order valence-electron chi connectivity index (χ0n) is 19.8. The monoisotopic (exact) mass is 523 g/mol. The lowest BCUT2D eigenvalue weighted by atomic mass is 10.1. The molecular weight excluding hydrogens is 499 g/mol. The van der Waals surface area contributed by atoms with E-state index in [9.17, 15) is 26.4 Å². The Kier molecular flexibility index (Phi) is 7.58. The third-order valence-corrected chi connectivity index (χ3v) is 7.00. The highest BCUT2D eigenvalue weighted by molar-refractivity contribution is 7.91. The number of amides is 1. The van der Waals surface area contributed by atoms with Gasteiger partial charge in [0.2, 0.25) is 10.0 Å². The van der Waals surface area contributed by atoms with E-state index in [4.69, 9.17) is 9.47 Å². The van der Waals surface area contributed by atoms with Crippen LogP contribution in [0.15, 0.2) is 61.1 Å². The molecule has 12 heteroatoms. The summed E-state index contributed by atoms with van der Waals surface area (Å²) in [6, 6.07) is 9.11. The van der Waals surface area contributed by atoms with E-state index in [0.717, 1.165) is 12.1 Å². The molecule has 192 valence electrons. The molecule has 1 aromatic carbocycles. The first-order chi connectivity index (χ1) is 16.7. The predicted octanol–water partition coefficient (Wildman–Crippen LogP) is 5.29. The number of ether oxygens (including phenoxy) is 2. The summed E-state index contributed by atoms with van der Waals surface area (Å²) in [6.07, 6.45) is -1.26. The summed E-state index contributed by atoms with van der Waals surface area (Å²) in [7, 11) is -4.12. The average molecular weight is 524 g/mol. The number of rotatable bonds is 7. The predicted molar refractivity (Wildman–Crippen MR) is 125 cm³/mol. The van der Waals surface area contributed by atoms with Crippen LogP contribution in [0.4, 0.5) is 13.2 Å². The van der Waals surface area contributed by atoms with Crippen LogP contribution < -0.4 is 14.2 Å². The van der Waals surface area contributed by atoms with Crippen molar-refractivity contribution in [2.45, 2.75) is 44.7 Å². The van der Waals surface area contributed by atoms with Gasteiger partial charge in [-0.15, -0.1) is 0 Å². The van der Waals surface area contributed by atoms with Crippen LogP contribution in [0, 0.1) is 0 Å². The number of carbonyl (C=O) groups is 1. The van der Waals surface area contributed by atoms with Gasteiger partial charge in [-0.3, -0.25) is 14.8 Å². The number of hydrogen-bond acceptors (Lipinski definition) is 7. The number of benzene rings is 1. The molecule has 2 heterocycles. The first-order valence-corrected chi connectivity index (χ1v) is 12.1. The summed E-state index contributed by atoms with van der Waals surface area (Å²) in [4.78, 5) is 20.5. The fraction of sp³-hybridized carbons (Fsp3) is 0.292. The van der Waals surface area contributed by atoms with E-state index in [2.05, 4.69) is 9.97 Å². The molecule has 1 amide bonds. The molecule has 8 nitrogen and oxygen atoms in total. The number of sulfonamides is 1. The van der Waals surface area contributed by atoms with Crippen molar-refractivity contribution in [1.29, 1.82) is 0 Å². The maximum Gasteiger partial charge on any atom is 0.419 e. The Morgan fingerprint density at radius 2 is 1.72 bits per heavy atom. The molecule has 3 rings (SSSR count). The number of nitrogens with one attached hydrogen (secondary N) is 1. The first-order valence-electron chi connectivity index (χ1n) is 10.7.